The van der Waals surface area contributed by atoms with Crippen LogP contribution in [0.5, 0.6) is 0 Å². The van der Waals surface area contributed by atoms with E-state index in [0.29, 0.717) is 16.9 Å². The maximum absolute atomic E-state index is 12.0. The molecule has 0 heterocycles. The van der Waals surface area contributed by atoms with E-state index in [-0.39, 0.29) is 29.1 Å². The zero-order valence-electron chi connectivity index (χ0n) is 13.3. The Kier molecular flexibility index (Phi) is 6.31. The molecule has 1 aromatic carbocycles. The van der Waals surface area contributed by atoms with Crippen molar-refractivity contribution in [3.8, 4) is 0 Å². The minimum absolute atomic E-state index is 0.139. The van der Waals surface area contributed by atoms with Gasteiger partial charge in [-0.2, -0.15) is 0 Å². The molecule has 0 radical (unpaired) electrons. The minimum Gasteiger partial charge on any atom is -0.452 e. The van der Waals surface area contributed by atoms with Crippen molar-refractivity contribution >= 4 is 35.1 Å². The zero-order valence-corrected chi connectivity index (χ0v) is 14.8. The van der Waals surface area contributed by atoms with Crippen molar-refractivity contribution in [3.63, 3.8) is 0 Å². The van der Waals surface area contributed by atoms with Crippen molar-refractivity contribution in [2.24, 2.45) is 11.8 Å². The van der Waals surface area contributed by atoms with Crippen LogP contribution in [0.2, 0.25) is 10.0 Å². The first kappa shape index (κ1) is 18.1. The summed E-state index contributed by atoms with van der Waals surface area (Å²) >= 11 is 11.8. The first-order chi connectivity index (χ1) is 10.9. The van der Waals surface area contributed by atoms with Gasteiger partial charge in [-0.15, -0.1) is 0 Å². The molecule has 3 atom stereocenters. The van der Waals surface area contributed by atoms with Gasteiger partial charge in [0.1, 0.15) is 0 Å². The maximum atomic E-state index is 12.0. The molecule has 1 fully saturated rings. The van der Waals surface area contributed by atoms with Crippen LogP contribution in [0.25, 0.3) is 0 Å². The van der Waals surface area contributed by atoms with Gasteiger partial charge < -0.3 is 10.1 Å². The Bertz CT molecular complexity index is 591. The molecule has 2 rings (SSSR count). The summed E-state index contributed by atoms with van der Waals surface area (Å²) in [6.07, 6.45) is 3.26. The van der Waals surface area contributed by atoms with Crippen LogP contribution < -0.4 is 5.32 Å². The van der Waals surface area contributed by atoms with Gasteiger partial charge in [0.15, 0.2) is 6.61 Å². The van der Waals surface area contributed by atoms with Crippen LogP contribution in [0.15, 0.2) is 18.2 Å². The molecule has 126 valence electrons. The SMILES string of the molecule is CC1CCCC(NC(=O)COC(=O)c2cc(Cl)ccc2Cl)C1C. The number of hydrogen-bond donors (Lipinski definition) is 1. The van der Waals surface area contributed by atoms with Crippen LogP contribution in [0.1, 0.15) is 43.5 Å². The number of benzene rings is 1. The Morgan fingerprint density at radius 2 is 2.00 bits per heavy atom. The van der Waals surface area contributed by atoms with Crippen molar-refractivity contribution < 1.29 is 14.3 Å². The molecule has 4 nitrogen and oxygen atoms in total. The summed E-state index contributed by atoms with van der Waals surface area (Å²) in [5.41, 5.74) is 0.159. The molecule has 6 heteroatoms. The minimum atomic E-state index is -0.655. The maximum Gasteiger partial charge on any atom is 0.340 e. The summed E-state index contributed by atoms with van der Waals surface area (Å²) < 4.78 is 5.04. The average molecular weight is 358 g/mol. The summed E-state index contributed by atoms with van der Waals surface area (Å²) in [6, 6.07) is 4.67. The van der Waals surface area contributed by atoms with Gasteiger partial charge in [-0.1, -0.05) is 49.9 Å². The molecule has 1 aliphatic carbocycles. The van der Waals surface area contributed by atoms with E-state index in [9.17, 15) is 9.59 Å². The molecule has 3 unspecified atom stereocenters. The quantitative estimate of drug-likeness (QED) is 0.825. The number of halogens is 2. The number of carbonyl (C=O) groups is 2. The van der Waals surface area contributed by atoms with E-state index in [1.165, 1.54) is 18.6 Å². The van der Waals surface area contributed by atoms with Gasteiger partial charge in [0.2, 0.25) is 0 Å². The van der Waals surface area contributed by atoms with E-state index in [4.69, 9.17) is 27.9 Å². The van der Waals surface area contributed by atoms with Crippen LogP contribution in [0, 0.1) is 11.8 Å². The van der Waals surface area contributed by atoms with Gasteiger partial charge in [-0.25, -0.2) is 4.79 Å². The number of hydrogen-bond acceptors (Lipinski definition) is 3. The van der Waals surface area contributed by atoms with Gasteiger partial charge in [-0.3, -0.25) is 4.79 Å². The van der Waals surface area contributed by atoms with Gasteiger partial charge in [0.05, 0.1) is 10.6 Å². The topological polar surface area (TPSA) is 55.4 Å². The Morgan fingerprint density at radius 1 is 1.26 bits per heavy atom. The predicted molar refractivity (Wildman–Crippen MR) is 90.9 cm³/mol. The van der Waals surface area contributed by atoms with E-state index < -0.39 is 5.97 Å². The summed E-state index contributed by atoms with van der Waals surface area (Å²) in [7, 11) is 0. The smallest absolute Gasteiger partial charge is 0.340 e. The lowest BCUT2D eigenvalue weighted by Gasteiger charge is -2.34. The number of esters is 1. The van der Waals surface area contributed by atoms with Crippen LogP contribution in [-0.4, -0.2) is 24.5 Å². The van der Waals surface area contributed by atoms with Crippen molar-refractivity contribution in [2.45, 2.75) is 39.2 Å². The standard InChI is InChI=1S/C17H21Cl2NO3/c1-10-4-3-5-15(11(10)2)20-16(21)9-23-17(22)13-8-12(18)6-7-14(13)19/h6-8,10-11,15H,3-5,9H2,1-2H3,(H,20,21). The molecule has 0 aliphatic heterocycles. The molecule has 1 amide bonds. The van der Waals surface area contributed by atoms with Crippen molar-refractivity contribution in [3.05, 3.63) is 33.8 Å². The third kappa shape index (κ3) is 4.85. The second-order valence-electron chi connectivity index (χ2n) is 6.14. The highest BCUT2D eigenvalue weighted by atomic mass is 35.5. The molecule has 0 aromatic heterocycles. The van der Waals surface area contributed by atoms with Crippen molar-refractivity contribution in [1.29, 1.82) is 0 Å². The van der Waals surface area contributed by atoms with E-state index in [1.54, 1.807) is 6.07 Å². The predicted octanol–water partition coefficient (Wildman–Crippen LogP) is 4.09. The number of carbonyl (C=O) groups excluding carboxylic acids is 2. The van der Waals surface area contributed by atoms with Crippen molar-refractivity contribution in [2.75, 3.05) is 6.61 Å². The first-order valence-electron chi connectivity index (χ1n) is 7.80. The Morgan fingerprint density at radius 3 is 2.74 bits per heavy atom. The third-order valence-corrected chi connectivity index (χ3v) is 5.10. The molecule has 1 aromatic rings. The second-order valence-corrected chi connectivity index (χ2v) is 6.99. The molecular weight excluding hydrogens is 337 g/mol. The van der Waals surface area contributed by atoms with Crippen LogP contribution >= 0.6 is 23.2 Å². The van der Waals surface area contributed by atoms with Gasteiger partial charge in [0, 0.05) is 11.1 Å². The number of ether oxygens (including phenoxy) is 1. The highest BCUT2D eigenvalue weighted by molar-refractivity contribution is 6.35. The Hall–Kier alpha value is -1.26. The average Bonchev–Trinajstić information content (AvgIpc) is 2.52. The van der Waals surface area contributed by atoms with Gasteiger partial charge >= 0.3 is 5.97 Å². The molecule has 1 saturated carbocycles. The molecule has 1 aliphatic rings. The normalized spacial score (nSPS) is 24.1. The van der Waals surface area contributed by atoms with Gasteiger partial charge in [0.25, 0.3) is 5.91 Å². The number of nitrogens with one attached hydrogen (secondary N) is 1. The van der Waals surface area contributed by atoms with E-state index in [1.807, 2.05) is 0 Å². The number of amides is 1. The van der Waals surface area contributed by atoms with Crippen LogP contribution in [0.3, 0.4) is 0 Å². The molecule has 0 saturated heterocycles. The lowest BCUT2D eigenvalue weighted by atomic mass is 9.78. The third-order valence-electron chi connectivity index (χ3n) is 4.54. The Balaban J connectivity index is 1.86. The highest BCUT2D eigenvalue weighted by Crippen LogP contribution is 2.29. The van der Waals surface area contributed by atoms with Crippen molar-refractivity contribution in [1.82, 2.24) is 5.32 Å². The number of rotatable bonds is 4. The molecule has 1 N–H and O–H groups in total. The van der Waals surface area contributed by atoms with Gasteiger partial charge in [-0.05, 0) is 36.5 Å². The second kappa shape index (κ2) is 8.02. The largest absolute Gasteiger partial charge is 0.452 e. The molecule has 0 spiro atoms. The summed E-state index contributed by atoms with van der Waals surface area (Å²) in [4.78, 5) is 24.0. The van der Waals surface area contributed by atoms with E-state index >= 15 is 0 Å². The fraction of sp³-hybridized carbons (Fsp3) is 0.529. The lowest BCUT2D eigenvalue weighted by Crippen LogP contribution is -2.45. The fourth-order valence-electron chi connectivity index (χ4n) is 2.90. The van der Waals surface area contributed by atoms with E-state index in [2.05, 4.69) is 19.2 Å². The van der Waals surface area contributed by atoms with Crippen LogP contribution in [0.4, 0.5) is 0 Å². The van der Waals surface area contributed by atoms with E-state index in [0.717, 1.165) is 12.8 Å². The zero-order chi connectivity index (χ0) is 17.0. The monoisotopic (exact) mass is 357 g/mol. The summed E-state index contributed by atoms with van der Waals surface area (Å²) in [5, 5.41) is 3.59. The fourth-order valence-corrected chi connectivity index (χ4v) is 3.26. The molecular formula is C17H21Cl2NO3. The Labute approximate surface area is 146 Å². The highest BCUT2D eigenvalue weighted by Gasteiger charge is 2.28. The van der Waals surface area contributed by atoms with Crippen LogP contribution in [-0.2, 0) is 9.53 Å². The lowest BCUT2D eigenvalue weighted by molar-refractivity contribution is -0.125. The summed E-state index contributed by atoms with van der Waals surface area (Å²) in [6.45, 7) is 4.02. The first-order valence-corrected chi connectivity index (χ1v) is 8.55. The molecule has 0 bridgehead atoms. The molecule has 23 heavy (non-hydrogen) atoms. The summed E-state index contributed by atoms with van der Waals surface area (Å²) in [5.74, 6) is 0.0628.